The Bertz CT molecular complexity index is 831. The Morgan fingerprint density at radius 2 is 1.88 bits per heavy atom. The molecular formula is C19H18BrN3O2. The zero-order valence-corrected chi connectivity index (χ0v) is 15.4. The zero-order valence-electron chi connectivity index (χ0n) is 13.8. The van der Waals surface area contributed by atoms with Crippen LogP contribution < -0.4 is 4.74 Å². The summed E-state index contributed by atoms with van der Waals surface area (Å²) >= 11 is 3.37. The Balaban J connectivity index is 1.54. The summed E-state index contributed by atoms with van der Waals surface area (Å²) in [4.78, 5) is 13.9. The zero-order chi connectivity index (χ0) is 17.6. The van der Waals surface area contributed by atoms with Crippen molar-refractivity contribution >= 4 is 21.8 Å². The van der Waals surface area contributed by atoms with Gasteiger partial charge in [-0.25, -0.2) is 4.68 Å². The molecule has 0 radical (unpaired) electrons. The number of nitrogens with zero attached hydrogens (tertiary/aromatic N) is 3. The van der Waals surface area contributed by atoms with Gasteiger partial charge in [-0.1, -0.05) is 34.1 Å². The van der Waals surface area contributed by atoms with Crippen LogP contribution in [-0.4, -0.2) is 34.2 Å². The number of benzene rings is 2. The molecule has 0 spiro atoms. The third kappa shape index (κ3) is 4.70. The maximum Gasteiger partial charge on any atom is 0.260 e. The van der Waals surface area contributed by atoms with Crippen LogP contribution in [0, 0.1) is 0 Å². The van der Waals surface area contributed by atoms with Crippen LogP contribution in [0.4, 0.5) is 0 Å². The highest BCUT2D eigenvalue weighted by Crippen LogP contribution is 2.16. The summed E-state index contributed by atoms with van der Waals surface area (Å²) in [7, 11) is 1.76. The lowest BCUT2D eigenvalue weighted by atomic mass is 10.3. The van der Waals surface area contributed by atoms with Gasteiger partial charge in [-0.2, -0.15) is 5.10 Å². The van der Waals surface area contributed by atoms with Crippen LogP contribution in [0.5, 0.6) is 5.75 Å². The molecule has 3 rings (SSSR count). The molecule has 0 fully saturated rings. The molecule has 3 aromatic rings. The summed E-state index contributed by atoms with van der Waals surface area (Å²) in [5, 5.41) is 4.34. The molecule has 2 aromatic carbocycles. The van der Waals surface area contributed by atoms with Gasteiger partial charge in [-0.15, -0.1) is 0 Å². The van der Waals surface area contributed by atoms with Gasteiger partial charge in [0.15, 0.2) is 6.61 Å². The molecule has 25 heavy (non-hydrogen) atoms. The number of carbonyl (C=O) groups excluding carboxylic acids is 1. The van der Waals surface area contributed by atoms with Crippen molar-refractivity contribution in [1.82, 2.24) is 14.7 Å². The number of hydrogen-bond acceptors (Lipinski definition) is 3. The molecular weight excluding hydrogens is 382 g/mol. The van der Waals surface area contributed by atoms with E-state index in [0.717, 1.165) is 15.7 Å². The van der Waals surface area contributed by atoms with Gasteiger partial charge in [0.2, 0.25) is 0 Å². The highest BCUT2D eigenvalue weighted by atomic mass is 79.9. The topological polar surface area (TPSA) is 47.4 Å². The molecule has 6 heteroatoms. The summed E-state index contributed by atoms with van der Waals surface area (Å²) < 4.78 is 8.29. The van der Waals surface area contributed by atoms with Crippen molar-refractivity contribution in [3.05, 3.63) is 77.0 Å². The minimum atomic E-state index is -0.0876. The van der Waals surface area contributed by atoms with E-state index in [-0.39, 0.29) is 12.5 Å². The van der Waals surface area contributed by atoms with Crippen molar-refractivity contribution in [2.45, 2.75) is 6.54 Å². The molecule has 0 bridgehead atoms. The summed E-state index contributed by atoms with van der Waals surface area (Å²) in [6, 6.07) is 17.3. The standard InChI is InChI=1S/C19H18BrN3O2/c1-22(19(24)14-25-18-9-7-16(20)8-10-18)12-15-11-21-23(13-15)17-5-3-2-4-6-17/h2-11,13H,12,14H2,1H3. The van der Waals surface area contributed by atoms with E-state index in [1.54, 1.807) is 22.8 Å². The van der Waals surface area contributed by atoms with Gasteiger partial charge in [-0.3, -0.25) is 4.79 Å². The maximum atomic E-state index is 12.2. The van der Waals surface area contributed by atoms with Gasteiger partial charge >= 0.3 is 0 Å². The molecule has 0 aliphatic heterocycles. The first-order valence-corrected chi connectivity index (χ1v) is 8.62. The normalized spacial score (nSPS) is 10.5. The van der Waals surface area contributed by atoms with Crippen molar-refractivity contribution in [3.63, 3.8) is 0 Å². The average Bonchev–Trinajstić information content (AvgIpc) is 3.10. The third-order valence-electron chi connectivity index (χ3n) is 3.68. The van der Waals surface area contributed by atoms with Crippen molar-refractivity contribution in [1.29, 1.82) is 0 Å². The van der Waals surface area contributed by atoms with Crippen LogP contribution in [-0.2, 0) is 11.3 Å². The quantitative estimate of drug-likeness (QED) is 0.635. The van der Waals surface area contributed by atoms with Crippen molar-refractivity contribution in [2.75, 3.05) is 13.7 Å². The predicted octanol–water partition coefficient (Wildman–Crippen LogP) is 3.67. The molecule has 0 aliphatic rings. The van der Waals surface area contributed by atoms with Crippen LogP contribution in [0.2, 0.25) is 0 Å². The molecule has 128 valence electrons. The SMILES string of the molecule is CN(Cc1cnn(-c2ccccc2)c1)C(=O)COc1ccc(Br)cc1. The van der Waals surface area contributed by atoms with Gasteiger partial charge in [-0.05, 0) is 36.4 Å². The number of rotatable bonds is 6. The number of hydrogen-bond donors (Lipinski definition) is 0. The molecule has 5 nitrogen and oxygen atoms in total. The van der Waals surface area contributed by atoms with Crippen LogP contribution in [0.15, 0.2) is 71.5 Å². The van der Waals surface area contributed by atoms with Gasteiger partial charge in [0.1, 0.15) is 5.75 Å². The van der Waals surface area contributed by atoms with E-state index in [9.17, 15) is 4.79 Å². The van der Waals surface area contributed by atoms with Crippen LogP contribution >= 0.6 is 15.9 Å². The summed E-state index contributed by atoms with van der Waals surface area (Å²) in [6.45, 7) is 0.486. The second kappa shape index (κ2) is 7.98. The van der Waals surface area contributed by atoms with Gasteiger partial charge in [0.25, 0.3) is 5.91 Å². The number of para-hydroxylation sites is 1. The number of ether oxygens (including phenoxy) is 1. The lowest BCUT2D eigenvalue weighted by molar-refractivity contribution is -0.132. The van der Waals surface area contributed by atoms with Gasteiger partial charge in [0, 0.05) is 29.8 Å². The highest BCUT2D eigenvalue weighted by Gasteiger charge is 2.11. The van der Waals surface area contributed by atoms with E-state index in [4.69, 9.17) is 4.74 Å². The average molecular weight is 400 g/mol. The minimum absolute atomic E-state index is 0.00492. The Morgan fingerprint density at radius 1 is 1.16 bits per heavy atom. The number of amides is 1. The highest BCUT2D eigenvalue weighted by molar-refractivity contribution is 9.10. The summed E-state index contributed by atoms with van der Waals surface area (Å²) in [6.07, 6.45) is 3.70. The van der Waals surface area contributed by atoms with Crippen molar-refractivity contribution < 1.29 is 9.53 Å². The molecule has 0 atom stereocenters. The molecule has 0 unspecified atom stereocenters. The molecule has 0 N–H and O–H groups in total. The Kier molecular flexibility index (Phi) is 5.50. The lowest BCUT2D eigenvalue weighted by Gasteiger charge is -2.16. The predicted molar refractivity (Wildman–Crippen MR) is 99.7 cm³/mol. The Labute approximate surface area is 155 Å². The molecule has 0 aliphatic carbocycles. The van der Waals surface area contributed by atoms with Gasteiger partial charge in [0.05, 0.1) is 11.9 Å². The van der Waals surface area contributed by atoms with Crippen LogP contribution in [0.1, 0.15) is 5.56 Å². The smallest absolute Gasteiger partial charge is 0.260 e. The number of halogens is 1. The fourth-order valence-corrected chi connectivity index (χ4v) is 2.58. The minimum Gasteiger partial charge on any atom is -0.484 e. The van der Waals surface area contributed by atoms with Crippen molar-refractivity contribution in [3.8, 4) is 11.4 Å². The summed E-state index contributed by atoms with van der Waals surface area (Å²) in [5.41, 5.74) is 1.95. The first-order valence-electron chi connectivity index (χ1n) is 7.83. The number of likely N-dealkylation sites (N-methyl/N-ethyl adjacent to an activating group) is 1. The van der Waals surface area contributed by atoms with Gasteiger partial charge < -0.3 is 9.64 Å². The van der Waals surface area contributed by atoms with Crippen LogP contribution in [0.25, 0.3) is 5.69 Å². The summed E-state index contributed by atoms with van der Waals surface area (Å²) in [5.74, 6) is 0.581. The van der Waals surface area contributed by atoms with E-state index < -0.39 is 0 Å². The van der Waals surface area contributed by atoms with Crippen LogP contribution in [0.3, 0.4) is 0 Å². The Morgan fingerprint density at radius 3 is 2.60 bits per heavy atom. The van der Waals surface area contributed by atoms with E-state index in [1.807, 2.05) is 60.8 Å². The first kappa shape index (κ1) is 17.2. The molecule has 1 heterocycles. The largest absolute Gasteiger partial charge is 0.484 e. The molecule has 1 aromatic heterocycles. The monoisotopic (exact) mass is 399 g/mol. The second-order valence-corrected chi connectivity index (χ2v) is 6.54. The molecule has 0 saturated heterocycles. The third-order valence-corrected chi connectivity index (χ3v) is 4.21. The van der Waals surface area contributed by atoms with E-state index in [1.165, 1.54) is 0 Å². The maximum absolute atomic E-state index is 12.2. The fraction of sp³-hybridized carbons (Fsp3) is 0.158. The Hall–Kier alpha value is -2.60. The second-order valence-electron chi connectivity index (χ2n) is 5.62. The molecule has 0 saturated carbocycles. The van der Waals surface area contributed by atoms with E-state index in [0.29, 0.717) is 12.3 Å². The van der Waals surface area contributed by atoms with Crippen molar-refractivity contribution in [2.24, 2.45) is 0 Å². The fourth-order valence-electron chi connectivity index (χ4n) is 2.31. The van der Waals surface area contributed by atoms with E-state index in [2.05, 4.69) is 21.0 Å². The first-order chi connectivity index (χ1) is 12.1. The van der Waals surface area contributed by atoms with E-state index >= 15 is 0 Å². The lowest BCUT2D eigenvalue weighted by Crippen LogP contribution is -2.30. The number of carbonyl (C=O) groups is 1. The number of aromatic nitrogens is 2. The molecule has 1 amide bonds.